The number of hydrogen-bond acceptors (Lipinski definition) is 5. The number of fused-ring (bicyclic) bond motifs is 3. The van der Waals surface area contributed by atoms with Gasteiger partial charge in [0.1, 0.15) is 5.69 Å². The minimum absolute atomic E-state index is 0.382. The summed E-state index contributed by atoms with van der Waals surface area (Å²) in [5.74, 6) is 0.984. The minimum Gasteiger partial charge on any atom is -0.405 e. The van der Waals surface area contributed by atoms with Gasteiger partial charge in [0.25, 0.3) is 0 Å². The van der Waals surface area contributed by atoms with Gasteiger partial charge in [0.2, 0.25) is 0 Å². The fraction of sp³-hybridized carbons (Fsp3) is 0.632. The molecule has 0 fully saturated rings. The van der Waals surface area contributed by atoms with Crippen LogP contribution in [0.1, 0.15) is 69.4 Å². The lowest BCUT2D eigenvalue weighted by Gasteiger charge is -2.30. The predicted molar refractivity (Wildman–Crippen MR) is 103 cm³/mol. The fourth-order valence-electron chi connectivity index (χ4n) is 3.71. The number of unbranched alkanes of at least 4 members (excludes halogenated alkanes) is 1. The van der Waals surface area contributed by atoms with Gasteiger partial charge >= 0.3 is 0 Å². The third-order valence-electron chi connectivity index (χ3n) is 5.16. The van der Waals surface area contributed by atoms with Crippen molar-refractivity contribution >= 4 is 11.5 Å². The van der Waals surface area contributed by atoms with Crippen LogP contribution in [-0.4, -0.2) is 39.3 Å². The Labute approximate surface area is 150 Å². The molecule has 1 unspecified atom stereocenters. The smallest absolute Gasteiger partial charge is 0.177 e. The molecular formula is C19H30N6. The van der Waals surface area contributed by atoms with Gasteiger partial charge in [-0.05, 0) is 38.5 Å². The molecule has 0 spiro atoms. The summed E-state index contributed by atoms with van der Waals surface area (Å²) in [6, 6.07) is 0.382. The highest BCUT2D eigenvalue weighted by atomic mass is 15.4. The van der Waals surface area contributed by atoms with Crippen molar-refractivity contribution < 1.29 is 0 Å². The van der Waals surface area contributed by atoms with Crippen molar-refractivity contribution in [1.29, 1.82) is 0 Å². The molecule has 2 aliphatic heterocycles. The molecule has 0 aliphatic carbocycles. The van der Waals surface area contributed by atoms with Crippen LogP contribution in [0.4, 0.5) is 0 Å². The summed E-state index contributed by atoms with van der Waals surface area (Å²) in [4.78, 5) is 2.35. The van der Waals surface area contributed by atoms with E-state index in [4.69, 9.17) is 10.8 Å². The normalized spacial score (nSPS) is 18.4. The van der Waals surface area contributed by atoms with E-state index in [-0.39, 0.29) is 0 Å². The van der Waals surface area contributed by atoms with Crippen LogP contribution in [0.25, 0.3) is 0 Å². The number of amidine groups is 1. The van der Waals surface area contributed by atoms with E-state index in [2.05, 4.69) is 40.6 Å². The predicted octanol–water partition coefficient (Wildman–Crippen LogP) is 3.03. The van der Waals surface area contributed by atoms with Gasteiger partial charge in [-0.3, -0.25) is 4.68 Å². The molecule has 3 rings (SSSR count). The molecular weight excluding hydrogens is 312 g/mol. The Morgan fingerprint density at radius 2 is 2.00 bits per heavy atom. The first kappa shape index (κ1) is 17.7. The fourth-order valence-corrected chi connectivity index (χ4v) is 3.71. The van der Waals surface area contributed by atoms with Crippen LogP contribution in [0.3, 0.4) is 0 Å². The van der Waals surface area contributed by atoms with Crippen LogP contribution >= 0.6 is 0 Å². The molecule has 0 saturated carbocycles. The molecule has 136 valence electrons. The van der Waals surface area contributed by atoms with Crippen molar-refractivity contribution in [2.75, 3.05) is 13.1 Å². The average Bonchev–Trinajstić information content (AvgIpc) is 2.89. The third-order valence-corrected chi connectivity index (χ3v) is 5.16. The van der Waals surface area contributed by atoms with Crippen LogP contribution in [0.15, 0.2) is 22.5 Å². The van der Waals surface area contributed by atoms with Crippen molar-refractivity contribution in [1.82, 2.24) is 14.7 Å². The first-order valence-electron chi connectivity index (χ1n) is 9.57. The molecule has 3 heterocycles. The Morgan fingerprint density at radius 1 is 1.20 bits per heavy atom. The maximum Gasteiger partial charge on any atom is 0.177 e. The van der Waals surface area contributed by atoms with Gasteiger partial charge in [-0.1, -0.05) is 26.7 Å². The second kappa shape index (κ2) is 7.85. The molecule has 0 amide bonds. The monoisotopic (exact) mass is 342 g/mol. The molecule has 2 N–H and O–H groups in total. The second-order valence-electron chi connectivity index (χ2n) is 6.92. The Bertz CT molecular complexity index is 697. The van der Waals surface area contributed by atoms with Crippen molar-refractivity contribution in [3.05, 3.63) is 29.2 Å². The first-order chi connectivity index (χ1) is 12.2. The van der Waals surface area contributed by atoms with Crippen LogP contribution in [0.2, 0.25) is 0 Å². The molecule has 0 saturated heterocycles. The molecule has 0 bridgehead atoms. The number of nitrogens with zero attached hydrogens (tertiary/aromatic N) is 5. The number of allylic oxidation sites excluding steroid dienone is 1. The zero-order valence-corrected chi connectivity index (χ0v) is 15.7. The lowest BCUT2D eigenvalue weighted by molar-refractivity contribution is 0.403. The quantitative estimate of drug-likeness (QED) is 0.864. The highest BCUT2D eigenvalue weighted by molar-refractivity contribution is 6.03. The van der Waals surface area contributed by atoms with Gasteiger partial charge in [0.15, 0.2) is 5.84 Å². The Balaban J connectivity index is 2.04. The molecule has 6 heteroatoms. The van der Waals surface area contributed by atoms with Gasteiger partial charge in [-0.15, -0.1) is 5.10 Å². The van der Waals surface area contributed by atoms with E-state index in [1.165, 1.54) is 29.8 Å². The summed E-state index contributed by atoms with van der Waals surface area (Å²) in [6.45, 7) is 8.61. The first-order valence-corrected chi connectivity index (χ1v) is 9.57. The highest BCUT2D eigenvalue weighted by Gasteiger charge is 2.32. The van der Waals surface area contributed by atoms with Crippen molar-refractivity contribution in [3.8, 4) is 0 Å². The Morgan fingerprint density at radius 3 is 2.72 bits per heavy atom. The Hall–Kier alpha value is -2.11. The summed E-state index contributed by atoms with van der Waals surface area (Å²) >= 11 is 0. The number of nitrogens with two attached hydrogens (primary N) is 1. The molecule has 2 aliphatic rings. The van der Waals surface area contributed by atoms with Gasteiger partial charge in [0, 0.05) is 31.1 Å². The summed E-state index contributed by atoms with van der Waals surface area (Å²) < 4.78 is 2.22. The van der Waals surface area contributed by atoms with Gasteiger partial charge in [0.05, 0.1) is 11.4 Å². The van der Waals surface area contributed by atoms with E-state index in [1.54, 1.807) is 6.20 Å². The van der Waals surface area contributed by atoms with E-state index < -0.39 is 0 Å². The van der Waals surface area contributed by atoms with Crippen LogP contribution in [0, 0.1) is 0 Å². The van der Waals surface area contributed by atoms with Gasteiger partial charge in [-0.25, -0.2) is 0 Å². The number of aromatic nitrogens is 2. The minimum atomic E-state index is 0.382. The number of hydrogen-bond donors (Lipinski definition) is 1. The maximum atomic E-state index is 5.53. The standard InChI is InChI=1S/C19H30N6/c1-4-6-7-14(3)25-18-16(17(5-2)23-25)10-13-24-12-9-15(8-11-20)21-22-19(18)24/h8,11,14H,4-7,9-10,12-13,20H2,1-3H3/b11-8+. The average molecular weight is 342 g/mol. The molecule has 6 nitrogen and oxygen atoms in total. The number of aryl methyl sites for hydroxylation is 1. The Kier molecular flexibility index (Phi) is 5.56. The molecule has 0 radical (unpaired) electrons. The summed E-state index contributed by atoms with van der Waals surface area (Å²) in [5.41, 5.74) is 10.2. The van der Waals surface area contributed by atoms with E-state index in [1.807, 2.05) is 6.08 Å². The molecule has 1 atom stereocenters. The topological polar surface area (TPSA) is 71.8 Å². The molecule has 25 heavy (non-hydrogen) atoms. The largest absolute Gasteiger partial charge is 0.405 e. The number of rotatable bonds is 6. The van der Waals surface area contributed by atoms with Crippen molar-refractivity contribution in [2.24, 2.45) is 15.9 Å². The van der Waals surface area contributed by atoms with E-state index in [0.717, 1.165) is 50.3 Å². The zero-order valence-electron chi connectivity index (χ0n) is 15.7. The third kappa shape index (κ3) is 3.48. The summed E-state index contributed by atoms with van der Waals surface area (Å²) in [5, 5.41) is 14.0. The highest BCUT2D eigenvalue weighted by Crippen LogP contribution is 2.29. The second-order valence-corrected chi connectivity index (χ2v) is 6.92. The van der Waals surface area contributed by atoms with Crippen molar-refractivity contribution in [3.63, 3.8) is 0 Å². The maximum absolute atomic E-state index is 5.53. The van der Waals surface area contributed by atoms with E-state index in [0.29, 0.717) is 6.04 Å². The summed E-state index contributed by atoms with van der Waals surface area (Å²) in [6.07, 6.45) is 9.84. The van der Waals surface area contributed by atoms with Crippen molar-refractivity contribution in [2.45, 2.75) is 65.3 Å². The molecule has 0 aromatic carbocycles. The van der Waals surface area contributed by atoms with E-state index in [9.17, 15) is 0 Å². The lowest BCUT2D eigenvalue weighted by atomic mass is 10.0. The molecule has 1 aromatic heterocycles. The molecule has 1 aromatic rings. The van der Waals surface area contributed by atoms with Crippen LogP contribution < -0.4 is 5.73 Å². The van der Waals surface area contributed by atoms with Crippen LogP contribution in [0.5, 0.6) is 0 Å². The van der Waals surface area contributed by atoms with E-state index >= 15 is 0 Å². The van der Waals surface area contributed by atoms with Gasteiger partial charge in [-0.2, -0.15) is 10.2 Å². The summed E-state index contributed by atoms with van der Waals surface area (Å²) in [7, 11) is 0. The van der Waals surface area contributed by atoms with Gasteiger partial charge < -0.3 is 10.6 Å². The zero-order chi connectivity index (χ0) is 17.8. The SMILES string of the molecule is CCCCC(C)n1nc(CC)c2c1C1=NN=C(/C=C/N)CCN1CC2. The lowest BCUT2D eigenvalue weighted by Crippen LogP contribution is -2.40. The van der Waals surface area contributed by atoms with Crippen LogP contribution in [-0.2, 0) is 12.8 Å².